The molecule has 1 atom stereocenters. The molecule has 6 heteroatoms. The largest absolute Gasteiger partial charge is 0.393 e. The van der Waals surface area contributed by atoms with Gasteiger partial charge in [-0.15, -0.1) is 0 Å². The number of carbonyl (C=O) groups is 2. The third-order valence-electron chi connectivity index (χ3n) is 5.62. The lowest BCUT2D eigenvalue weighted by Crippen LogP contribution is -2.30. The van der Waals surface area contributed by atoms with Crippen molar-refractivity contribution in [1.29, 1.82) is 0 Å². The highest BCUT2D eigenvalue weighted by Gasteiger charge is 2.08. The molecule has 39 heavy (non-hydrogen) atoms. The Hall–Kier alpha value is -3.51. The minimum atomic E-state index is -0.581. The lowest BCUT2D eigenvalue weighted by atomic mass is 10.1. The standard InChI is InChI=1S/C33H47N3O3/c1-2-3-4-5-6-7-8-9-10-11-12-13-14-15-16-17-18-19-20-23-32(38)35-27-24-31(37)25-28-36-33(39)30-22-21-26-34-29-30/h3-4,6-7,9-10,12-13,15-16,18-19,21-22,26,29,31,37H,2,5,8,11,14,17,20,23-25,27-28H2,1H3,(H,35,38)(H,36,39). The Kier molecular flexibility index (Phi) is 21.3. The third kappa shape index (κ3) is 21.1. The monoisotopic (exact) mass is 533 g/mol. The summed E-state index contributed by atoms with van der Waals surface area (Å²) in [6.45, 7) is 2.93. The summed E-state index contributed by atoms with van der Waals surface area (Å²) in [6.07, 6.45) is 36.3. The van der Waals surface area contributed by atoms with Crippen LogP contribution in [0.3, 0.4) is 0 Å². The van der Waals surface area contributed by atoms with E-state index in [2.05, 4.69) is 89.4 Å². The van der Waals surface area contributed by atoms with Crippen LogP contribution in [0.1, 0.15) is 81.5 Å². The van der Waals surface area contributed by atoms with Gasteiger partial charge in [-0.3, -0.25) is 14.6 Å². The molecular weight excluding hydrogens is 486 g/mol. The average molecular weight is 534 g/mol. The molecule has 212 valence electrons. The number of aliphatic hydroxyl groups excluding tert-OH is 1. The van der Waals surface area contributed by atoms with E-state index in [0.29, 0.717) is 44.3 Å². The van der Waals surface area contributed by atoms with Crippen molar-refractivity contribution < 1.29 is 14.7 Å². The third-order valence-corrected chi connectivity index (χ3v) is 5.62. The second-order valence-electron chi connectivity index (χ2n) is 9.03. The Bertz CT molecular complexity index is 946. The summed E-state index contributed by atoms with van der Waals surface area (Å²) in [7, 11) is 0. The first-order chi connectivity index (χ1) is 19.1. The fraction of sp³-hybridized carbons (Fsp3) is 0.424. The molecule has 0 aromatic carbocycles. The molecule has 0 spiro atoms. The molecule has 0 aliphatic rings. The Morgan fingerprint density at radius 2 is 1.31 bits per heavy atom. The molecule has 0 aliphatic carbocycles. The van der Waals surface area contributed by atoms with E-state index in [1.165, 1.54) is 6.20 Å². The zero-order valence-corrected chi connectivity index (χ0v) is 23.5. The molecule has 0 saturated heterocycles. The maximum atomic E-state index is 11.9. The van der Waals surface area contributed by atoms with Crippen LogP contribution in [0, 0.1) is 0 Å². The molecule has 0 aliphatic heterocycles. The number of nitrogens with one attached hydrogen (secondary N) is 2. The van der Waals surface area contributed by atoms with Crippen LogP contribution in [-0.2, 0) is 4.79 Å². The van der Waals surface area contributed by atoms with Crippen LogP contribution in [0.25, 0.3) is 0 Å². The lowest BCUT2D eigenvalue weighted by Gasteiger charge is -2.12. The molecule has 0 saturated carbocycles. The second-order valence-corrected chi connectivity index (χ2v) is 9.03. The Morgan fingerprint density at radius 1 is 0.795 bits per heavy atom. The van der Waals surface area contributed by atoms with E-state index in [9.17, 15) is 14.7 Å². The van der Waals surface area contributed by atoms with E-state index in [1.807, 2.05) is 6.08 Å². The molecule has 0 bridgehead atoms. The molecular formula is C33H47N3O3. The van der Waals surface area contributed by atoms with Gasteiger partial charge in [-0.25, -0.2) is 0 Å². The van der Waals surface area contributed by atoms with Crippen molar-refractivity contribution in [3.05, 3.63) is 103 Å². The summed E-state index contributed by atoms with van der Waals surface area (Å²) in [5.74, 6) is -0.232. The molecule has 0 radical (unpaired) electrons. The number of hydrogen-bond acceptors (Lipinski definition) is 4. The summed E-state index contributed by atoms with van der Waals surface area (Å²) in [6, 6.07) is 3.39. The van der Waals surface area contributed by atoms with E-state index < -0.39 is 6.10 Å². The summed E-state index contributed by atoms with van der Waals surface area (Å²) in [5, 5.41) is 15.6. The van der Waals surface area contributed by atoms with Crippen LogP contribution in [0.15, 0.2) is 97.4 Å². The van der Waals surface area contributed by atoms with E-state index in [0.717, 1.165) is 38.5 Å². The smallest absolute Gasteiger partial charge is 0.252 e. The SMILES string of the molecule is CCC=CCC=CCC=CCC=CCC=CCC=CCCC(=O)NCCC(O)CCNC(=O)c1cccnc1. The van der Waals surface area contributed by atoms with Gasteiger partial charge in [0.05, 0.1) is 11.7 Å². The minimum Gasteiger partial charge on any atom is -0.393 e. The van der Waals surface area contributed by atoms with Crippen LogP contribution in [-0.4, -0.2) is 41.1 Å². The maximum Gasteiger partial charge on any atom is 0.252 e. The van der Waals surface area contributed by atoms with Gasteiger partial charge in [0.25, 0.3) is 5.91 Å². The Balaban J connectivity index is 1.97. The van der Waals surface area contributed by atoms with Gasteiger partial charge in [0.15, 0.2) is 0 Å². The Morgan fingerprint density at radius 3 is 1.82 bits per heavy atom. The number of carbonyl (C=O) groups excluding carboxylic acids is 2. The first-order valence-electron chi connectivity index (χ1n) is 14.2. The van der Waals surface area contributed by atoms with Crippen LogP contribution in [0.4, 0.5) is 0 Å². The lowest BCUT2D eigenvalue weighted by molar-refractivity contribution is -0.121. The number of aromatic nitrogens is 1. The van der Waals surface area contributed by atoms with Gasteiger partial charge >= 0.3 is 0 Å². The summed E-state index contributed by atoms with van der Waals surface area (Å²) in [5.41, 5.74) is 0.492. The molecule has 1 aromatic rings. The van der Waals surface area contributed by atoms with E-state index in [-0.39, 0.29) is 11.8 Å². The number of nitrogens with zero attached hydrogens (tertiary/aromatic N) is 1. The van der Waals surface area contributed by atoms with Crippen LogP contribution in [0.2, 0.25) is 0 Å². The van der Waals surface area contributed by atoms with E-state index in [1.54, 1.807) is 18.3 Å². The highest BCUT2D eigenvalue weighted by Crippen LogP contribution is 2.00. The number of aliphatic hydroxyl groups is 1. The van der Waals surface area contributed by atoms with E-state index >= 15 is 0 Å². The van der Waals surface area contributed by atoms with Crippen molar-refractivity contribution >= 4 is 11.8 Å². The topological polar surface area (TPSA) is 91.3 Å². The number of pyridine rings is 1. The van der Waals surface area contributed by atoms with Gasteiger partial charge in [-0.1, -0.05) is 79.8 Å². The van der Waals surface area contributed by atoms with Crippen LogP contribution >= 0.6 is 0 Å². The zero-order valence-electron chi connectivity index (χ0n) is 23.5. The highest BCUT2D eigenvalue weighted by molar-refractivity contribution is 5.93. The normalized spacial score (nSPS) is 13.1. The predicted molar refractivity (Wildman–Crippen MR) is 162 cm³/mol. The van der Waals surface area contributed by atoms with Crippen molar-refractivity contribution in [3.8, 4) is 0 Å². The second kappa shape index (κ2) is 24.8. The summed E-state index contributed by atoms with van der Waals surface area (Å²) < 4.78 is 0. The predicted octanol–water partition coefficient (Wildman–Crippen LogP) is 6.55. The molecule has 6 nitrogen and oxygen atoms in total. The maximum absolute atomic E-state index is 11.9. The first kappa shape index (κ1) is 33.5. The fourth-order valence-electron chi connectivity index (χ4n) is 3.42. The number of amides is 2. The number of hydrogen-bond donors (Lipinski definition) is 3. The van der Waals surface area contributed by atoms with Crippen LogP contribution < -0.4 is 10.6 Å². The van der Waals surface area contributed by atoms with Crippen molar-refractivity contribution in [2.45, 2.75) is 77.2 Å². The first-order valence-corrected chi connectivity index (χ1v) is 14.2. The van der Waals surface area contributed by atoms with Gasteiger partial charge < -0.3 is 15.7 Å². The van der Waals surface area contributed by atoms with Crippen molar-refractivity contribution in [3.63, 3.8) is 0 Å². The van der Waals surface area contributed by atoms with Gasteiger partial charge in [0, 0.05) is 31.9 Å². The van der Waals surface area contributed by atoms with E-state index in [4.69, 9.17) is 0 Å². The fourth-order valence-corrected chi connectivity index (χ4v) is 3.42. The van der Waals surface area contributed by atoms with Gasteiger partial charge in [-0.2, -0.15) is 0 Å². The van der Waals surface area contributed by atoms with Crippen LogP contribution in [0.5, 0.6) is 0 Å². The molecule has 3 N–H and O–H groups in total. The van der Waals surface area contributed by atoms with Crippen molar-refractivity contribution in [2.75, 3.05) is 13.1 Å². The minimum absolute atomic E-state index is 0.0217. The van der Waals surface area contributed by atoms with Gasteiger partial charge in [0.1, 0.15) is 0 Å². The average Bonchev–Trinajstić information content (AvgIpc) is 2.94. The van der Waals surface area contributed by atoms with Gasteiger partial charge in [-0.05, 0) is 69.9 Å². The number of rotatable bonds is 21. The summed E-state index contributed by atoms with van der Waals surface area (Å²) >= 11 is 0. The van der Waals surface area contributed by atoms with Crippen molar-refractivity contribution in [1.82, 2.24) is 15.6 Å². The quantitative estimate of drug-likeness (QED) is 0.156. The number of allylic oxidation sites excluding steroid dienone is 12. The molecule has 1 aromatic heterocycles. The Labute approximate surface area is 235 Å². The molecule has 2 amide bonds. The summed E-state index contributed by atoms with van der Waals surface area (Å²) in [4.78, 5) is 27.8. The molecule has 1 unspecified atom stereocenters. The molecule has 1 rings (SSSR count). The molecule has 1 heterocycles. The van der Waals surface area contributed by atoms with Crippen molar-refractivity contribution in [2.24, 2.45) is 0 Å². The highest BCUT2D eigenvalue weighted by atomic mass is 16.3. The molecule has 0 fully saturated rings. The van der Waals surface area contributed by atoms with Gasteiger partial charge in [0.2, 0.25) is 5.91 Å². The zero-order chi connectivity index (χ0) is 28.2.